The third kappa shape index (κ3) is 2.46. The maximum Gasteiger partial charge on any atom is 0.318 e. The third-order valence-corrected chi connectivity index (χ3v) is 5.25. The van der Waals surface area contributed by atoms with Gasteiger partial charge in [0.15, 0.2) is 5.89 Å². The monoisotopic (exact) mass is 332 g/mol. The largest absolute Gasteiger partial charge is 0.435 e. The van der Waals surface area contributed by atoms with Gasteiger partial charge in [0.25, 0.3) is 5.91 Å². The number of amides is 3. The maximum atomic E-state index is 12.8. The fraction of sp³-hybridized carbons (Fsp3) is 0.706. The maximum absolute atomic E-state index is 12.8. The Labute approximate surface area is 141 Å². The first kappa shape index (κ1) is 15.5. The zero-order valence-corrected chi connectivity index (χ0v) is 14.4. The van der Waals surface area contributed by atoms with Crippen LogP contribution in [0.5, 0.6) is 0 Å². The van der Waals surface area contributed by atoms with E-state index in [1.165, 1.54) is 0 Å². The van der Waals surface area contributed by atoms with E-state index in [1.807, 2.05) is 25.7 Å². The fourth-order valence-corrected chi connectivity index (χ4v) is 3.86. The molecule has 7 nitrogen and oxygen atoms in total. The predicted molar refractivity (Wildman–Crippen MR) is 86.8 cm³/mol. The number of aryl methyl sites for hydroxylation is 1. The summed E-state index contributed by atoms with van der Waals surface area (Å²) < 4.78 is 5.75. The lowest BCUT2D eigenvalue weighted by Gasteiger charge is -2.37. The number of likely N-dealkylation sites (tertiary alicyclic amines) is 1. The van der Waals surface area contributed by atoms with Gasteiger partial charge < -0.3 is 19.5 Å². The molecule has 130 valence electrons. The number of rotatable bonds is 3. The molecule has 0 aromatic carbocycles. The Hall–Kier alpha value is -2.05. The molecule has 2 atom stereocenters. The average molecular weight is 332 g/mol. The number of carbonyl (C=O) groups is 2. The van der Waals surface area contributed by atoms with Crippen LogP contribution in [-0.2, 0) is 0 Å². The summed E-state index contributed by atoms with van der Waals surface area (Å²) in [5.41, 5.74) is 0.670. The molecule has 4 rings (SSSR count). The highest BCUT2D eigenvalue weighted by Crippen LogP contribution is 2.40. The second-order valence-corrected chi connectivity index (χ2v) is 7.41. The Morgan fingerprint density at radius 3 is 2.75 bits per heavy atom. The van der Waals surface area contributed by atoms with Crippen molar-refractivity contribution in [1.82, 2.24) is 20.1 Å². The molecule has 1 aromatic heterocycles. The summed E-state index contributed by atoms with van der Waals surface area (Å²) in [6.45, 7) is 7.04. The Bertz CT molecular complexity index is 679. The topological polar surface area (TPSA) is 78.7 Å². The summed E-state index contributed by atoms with van der Waals surface area (Å²) in [6.07, 6.45) is 2.98. The number of nitrogens with zero attached hydrogens (tertiary/aromatic N) is 3. The Kier molecular flexibility index (Phi) is 3.54. The van der Waals surface area contributed by atoms with Gasteiger partial charge in [-0.15, -0.1) is 0 Å². The molecule has 3 heterocycles. The summed E-state index contributed by atoms with van der Waals surface area (Å²) in [5.74, 6) is 1.35. The molecule has 1 aliphatic carbocycles. The van der Waals surface area contributed by atoms with Gasteiger partial charge in [-0.3, -0.25) is 4.79 Å². The van der Waals surface area contributed by atoms with E-state index in [0.29, 0.717) is 36.4 Å². The number of aromatic nitrogens is 1. The standard InChI is InChI=1S/C17H24N4O3/c1-9(2)21-13-6-7-20(8-12(13)19-17(21)23)16(22)14-10(3)18-15(24-14)11-4-5-11/h9,11-13H,4-8H2,1-3H3,(H,19,23)/t12-,13+/m1/s1. The van der Waals surface area contributed by atoms with E-state index in [0.717, 1.165) is 19.3 Å². The van der Waals surface area contributed by atoms with Crippen LogP contribution in [0.3, 0.4) is 0 Å². The van der Waals surface area contributed by atoms with Gasteiger partial charge in [-0.25, -0.2) is 9.78 Å². The average Bonchev–Trinajstić information content (AvgIpc) is 3.22. The van der Waals surface area contributed by atoms with Crippen LogP contribution < -0.4 is 5.32 Å². The normalized spacial score (nSPS) is 26.8. The second-order valence-electron chi connectivity index (χ2n) is 7.41. The molecule has 24 heavy (non-hydrogen) atoms. The van der Waals surface area contributed by atoms with Gasteiger partial charge in [0.2, 0.25) is 5.76 Å². The van der Waals surface area contributed by atoms with Gasteiger partial charge >= 0.3 is 6.03 Å². The molecule has 0 unspecified atom stereocenters. The van der Waals surface area contributed by atoms with Crippen LogP contribution in [0.4, 0.5) is 4.79 Å². The zero-order chi connectivity index (χ0) is 17.0. The van der Waals surface area contributed by atoms with Crippen molar-refractivity contribution in [2.75, 3.05) is 13.1 Å². The Balaban J connectivity index is 1.49. The first-order valence-corrected chi connectivity index (χ1v) is 8.81. The number of hydrogen-bond donors (Lipinski definition) is 1. The molecule has 2 aliphatic heterocycles. The Morgan fingerprint density at radius 1 is 1.33 bits per heavy atom. The lowest BCUT2D eigenvalue weighted by molar-refractivity contribution is 0.0611. The second kappa shape index (κ2) is 5.50. The van der Waals surface area contributed by atoms with Gasteiger partial charge in [-0.05, 0) is 40.0 Å². The van der Waals surface area contributed by atoms with Crippen LogP contribution >= 0.6 is 0 Å². The summed E-state index contributed by atoms with van der Waals surface area (Å²) >= 11 is 0. The SMILES string of the molecule is Cc1nc(C2CC2)oc1C(=O)N1CC[C@H]2[C@@H](C1)NC(=O)N2C(C)C. The quantitative estimate of drug-likeness (QED) is 0.916. The number of nitrogens with one attached hydrogen (secondary N) is 1. The zero-order valence-electron chi connectivity index (χ0n) is 14.4. The predicted octanol–water partition coefficient (Wildman–Crippen LogP) is 1.88. The van der Waals surface area contributed by atoms with Crippen molar-refractivity contribution in [3.8, 4) is 0 Å². The molecule has 7 heteroatoms. The highest BCUT2D eigenvalue weighted by atomic mass is 16.4. The number of oxazole rings is 1. The van der Waals surface area contributed by atoms with E-state index >= 15 is 0 Å². The van der Waals surface area contributed by atoms with Crippen LogP contribution in [0.1, 0.15) is 61.2 Å². The van der Waals surface area contributed by atoms with Crippen molar-refractivity contribution in [1.29, 1.82) is 0 Å². The van der Waals surface area contributed by atoms with Crippen LogP contribution in [-0.4, -0.2) is 57.9 Å². The highest BCUT2D eigenvalue weighted by Gasteiger charge is 2.45. The molecule has 0 spiro atoms. The number of piperidine rings is 1. The summed E-state index contributed by atoms with van der Waals surface area (Å²) in [7, 11) is 0. The third-order valence-electron chi connectivity index (χ3n) is 5.25. The molecule has 2 saturated heterocycles. The van der Waals surface area contributed by atoms with Crippen molar-refractivity contribution in [3.63, 3.8) is 0 Å². The van der Waals surface area contributed by atoms with Crippen molar-refractivity contribution in [2.45, 2.75) is 64.1 Å². The summed E-state index contributed by atoms with van der Waals surface area (Å²) in [6, 6.07) is 0.296. The molecular weight excluding hydrogens is 308 g/mol. The number of carbonyl (C=O) groups excluding carboxylic acids is 2. The van der Waals surface area contributed by atoms with Crippen LogP contribution in [0, 0.1) is 6.92 Å². The minimum absolute atomic E-state index is 0.0104. The van der Waals surface area contributed by atoms with E-state index < -0.39 is 0 Å². The van der Waals surface area contributed by atoms with Crippen molar-refractivity contribution >= 4 is 11.9 Å². The lowest BCUT2D eigenvalue weighted by atomic mass is 9.98. The van der Waals surface area contributed by atoms with Gasteiger partial charge in [-0.1, -0.05) is 0 Å². The van der Waals surface area contributed by atoms with Gasteiger partial charge in [-0.2, -0.15) is 0 Å². The first-order chi connectivity index (χ1) is 11.5. The van der Waals surface area contributed by atoms with Crippen LogP contribution in [0.15, 0.2) is 4.42 Å². The fourth-order valence-electron chi connectivity index (χ4n) is 3.86. The smallest absolute Gasteiger partial charge is 0.318 e. The number of fused-ring (bicyclic) bond motifs is 1. The number of hydrogen-bond acceptors (Lipinski definition) is 4. The van der Waals surface area contributed by atoms with E-state index in [2.05, 4.69) is 10.3 Å². The highest BCUT2D eigenvalue weighted by molar-refractivity contribution is 5.92. The molecule has 3 fully saturated rings. The van der Waals surface area contributed by atoms with Gasteiger partial charge in [0.05, 0.1) is 17.8 Å². The van der Waals surface area contributed by atoms with E-state index in [4.69, 9.17) is 4.42 Å². The van der Waals surface area contributed by atoms with E-state index in [9.17, 15) is 9.59 Å². The lowest BCUT2D eigenvalue weighted by Crippen LogP contribution is -2.53. The van der Waals surface area contributed by atoms with Gasteiger partial charge in [0.1, 0.15) is 0 Å². The minimum atomic E-state index is -0.109. The summed E-state index contributed by atoms with van der Waals surface area (Å²) in [5, 5.41) is 3.02. The van der Waals surface area contributed by atoms with E-state index in [1.54, 1.807) is 4.90 Å². The molecule has 1 saturated carbocycles. The molecule has 3 aliphatic rings. The van der Waals surface area contributed by atoms with Crippen LogP contribution in [0.2, 0.25) is 0 Å². The molecule has 0 bridgehead atoms. The van der Waals surface area contributed by atoms with Crippen molar-refractivity contribution < 1.29 is 14.0 Å². The molecule has 1 aromatic rings. The number of urea groups is 1. The van der Waals surface area contributed by atoms with E-state index in [-0.39, 0.29) is 30.1 Å². The Morgan fingerprint density at radius 2 is 2.08 bits per heavy atom. The molecule has 3 amide bonds. The molecule has 0 radical (unpaired) electrons. The summed E-state index contributed by atoms with van der Waals surface area (Å²) in [4.78, 5) is 33.1. The first-order valence-electron chi connectivity index (χ1n) is 8.81. The molecular formula is C17H24N4O3. The van der Waals surface area contributed by atoms with Crippen molar-refractivity contribution in [2.24, 2.45) is 0 Å². The van der Waals surface area contributed by atoms with Gasteiger partial charge in [0, 0.05) is 25.0 Å². The van der Waals surface area contributed by atoms with Crippen LogP contribution in [0.25, 0.3) is 0 Å². The van der Waals surface area contributed by atoms with Crippen molar-refractivity contribution in [3.05, 3.63) is 17.3 Å². The minimum Gasteiger partial charge on any atom is -0.435 e. The molecule has 1 N–H and O–H groups in total.